The maximum absolute atomic E-state index is 13.7. The smallest absolute Gasteiger partial charge is 0.352 e. The standard InChI is InChI=1S/C21H17F2N5O3/c1-12-24-17(13-3-6-15(31-2)7-4-13)10-19-26-27(21(30)28(12)19)11-20(29)25-18-9-14(22)5-8-16(18)23/h3-10H,11H2,1-2H3,(H,25,29). The fourth-order valence-electron chi connectivity index (χ4n) is 3.13. The average Bonchev–Trinajstić information content (AvgIpc) is 3.06. The molecule has 0 unspecified atom stereocenters. The van der Waals surface area contributed by atoms with Gasteiger partial charge in [-0.3, -0.25) is 4.79 Å². The number of ether oxygens (including phenoxy) is 1. The van der Waals surface area contributed by atoms with Crippen molar-refractivity contribution >= 4 is 17.2 Å². The number of nitrogens with zero attached hydrogens (tertiary/aromatic N) is 4. The number of nitrogens with one attached hydrogen (secondary N) is 1. The number of fused-ring (bicyclic) bond motifs is 1. The molecule has 0 atom stereocenters. The largest absolute Gasteiger partial charge is 0.497 e. The van der Waals surface area contributed by atoms with E-state index < -0.39 is 29.8 Å². The van der Waals surface area contributed by atoms with E-state index in [1.54, 1.807) is 32.2 Å². The number of rotatable bonds is 5. The van der Waals surface area contributed by atoms with Gasteiger partial charge in [0.25, 0.3) is 0 Å². The average molecular weight is 425 g/mol. The van der Waals surface area contributed by atoms with Crippen molar-refractivity contribution in [2.45, 2.75) is 13.5 Å². The number of carbonyl (C=O) groups excluding carboxylic acids is 1. The van der Waals surface area contributed by atoms with Gasteiger partial charge < -0.3 is 10.1 Å². The fourth-order valence-corrected chi connectivity index (χ4v) is 3.13. The number of benzene rings is 2. The molecule has 0 radical (unpaired) electrons. The van der Waals surface area contributed by atoms with Gasteiger partial charge in [-0.1, -0.05) is 0 Å². The predicted molar refractivity (Wildman–Crippen MR) is 109 cm³/mol. The summed E-state index contributed by atoms with van der Waals surface area (Å²) >= 11 is 0. The number of methoxy groups -OCH3 is 1. The van der Waals surface area contributed by atoms with E-state index in [0.717, 1.165) is 28.4 Å². The van der Waals surface area contributed by atoms with Crippen LogP contribution < -0.4 is 15.7 Å². The maximum atomic E-state index is 13.7. The first-order valence-electron chi connectivity index (χ1n) is 9.22. The summed E-state index contributed by atoms with van der Waals surface area (Å²) in [6, 6.07) is 11.5. The van der Waals surface area contributed by atoms with Crippen LogP contribution in [0.15, 0.2) is 53.3 Å². The van der Waals surface area contributed by atoms with E-state index in [1.807, 2.05) is 12.1 Å². The Hall–Kier alpha value is -4.08. The topological polar surface area (TPSA) is 90.5 Å². The van der Waals surface area contributed by atoms with Gasteiger partial charge in [0.15, 0.2) is 5.65 Å². The molecule has 2 heterocycles. The van der Waals surface area contributed by atoms with Crippen molar-refractivity contribution in [3.05, 3.63) is 76.5 Å². The maximum Gasteiger partial charge on any atom is 0.352 e. The normalized spacial score (nSPS) is 11.0. The van der Waals surface area contributed by atoms with Crippen molar-refractivity contribution in [3.8, 4) is 17.0 Å². The summed E-state index contributed by atoms with van der Waals surface area (Å²) in [5.41, 5.74) is 0.800. The minimum absolute atomic E-state index is 0.299. The van der Waals surface area contributed by atoms with Crippen molar-refractivity contribution < 1.29 is 18.3 Å². The summed E-state index contributed by atoms with van der Waals surface area (Å²) in [7, 11) is 1.57. The molecule has 0 saturated heterocycles. The second-order valence-corrected chi connectivity index (χ2v) is 6.72. The Morgan fingerprint density at radius 3 is 2.58 bits per heavy atom. The van der Waals surface area contributed by atoms with Gasteiger partial charge in [-0.15, -0.1) is 5.10 Å². The van der Waals surface area contributed by atoms with Crippen molar-refractivity contribution in [1.29, 1.82) is 0 Å². The second kappa shape index (κ2) is 7.98. The highest BCUT2D eigenvalue weighted by Gasteiger charge is 2.16. The lowest BCUT2D eigenvalue weighted by molar-refractivity contribution is -0.117. The Bertz CT molecular complexity index is 1350. The van der Waals surface area contributed by atoms with Crippen LogP contribution in [-0.2, 0) is 11.3 Å². The monoisotopic (exact) mass is 425 g/mol. The molecule has 0 bridgehead atoms. The van der Waals surface area contributed by atoms with Crippen molar-refractivity contribution in [3.63, 3.8) is 0 Å². The molecule has 1 amide bonds. The third-order valence-corrected chi connectivity index (χ3v) is 4.62. The number of halogens is 2. The summed E-state index contributed by atoms with van der Waals surface area (Å²) in [4.78, 5) is 29.4. The van der Waals surface area contributed by atoms with Gasteiger partial charge in [0.05, 0.1) is 18.5 Å². The number of carbonyl (C=O) groups is 1. The number of anilines is 1. The van der Waals surface area contributed by atoms with E-state index in [4.69, 9.17) is 4.74 Å². The predicted octanol–water partition coefficient (Wildman–Crippen LogP) is 2.79. The van der Waals surface area contributed by atoms with E-state index in [1.165, 1.54) is 4.40 Å². The molecule has 1 N–H and O–H groups in total. The first-order chi connectivity index (χ1) is 14.9. The number of hydrogen-bond donors (Lipinski definition) is 1. The molecular weight excluding hydrogens is 408 g/mol. The van der Waals surface area contributed by atoms with Crippen LogP contribution >= 0.6 is 0 Å². The van der Waals surface area contributed by atoms with Crippen LogP contribution in [0.3, 0.4) is 0 Å². The van der Waals surface area contributed by atoms with Crippen LogP contribution in [0, 0.1) is 18.6 Å². The highest BCUT2D eigenvalue weighted by Crippen LogP contribution is 2.22. The van der Waals surface area contributed by atoms with Crippen LogP contribution in [0.25, 0.3) is 16.9 Å². The van der Waals surface area contributed by atoms with E-state index in [-0.39, 0.29) is 5.69 Å². The molecule has 10 heteroatoms. The molecule has 8 nitrogen and oxygen atoms in total. The second-order valence-electron chi connectivity index (χ2n) is 6.72. The molecule has 4 aromatic rings. The molecule has 2 aromatic carbocycles. The van der Waals surface area contributed by atoms with Gasteiger partial charge in [-0.25, -0.2) is 27.6 Å². The molecule has 0 fully saturated rings. The Morgan fingerprint density at radius 2 is 1.87 bits per heavy atom. The first kappa shape index (κ1) is 20.2. The summed E-state index contributed by atoms with van der Waals surface area (Å²) in [6.07, 6.45) is 0. The SMILES string of the molecule is COc1ccc(-c2cc3nn(CC(=O)Nc4cc(F)ccc4F)c(=O)n3c(C)n2)cc1. The van der Waals surface area contributed by atoms with Crippen LogP contribution in [0.4, 0.5) is 14.5 Å². The number of aryl methyl sites for hydroxylation is 1. The number of hydrogen-bond acceptors (Lipinski definition) is 5. The van der Waals surface area contributed by atoms with Crippen LogP contribution in [0.2, 0.25) is 0 Å². The highest BCUT2D eigenvalue weighted by molar-refractivity contribution is 5.90. The van der Waals surface area contributed by atoms with Gasteiger partial charge in [0.1, 0.15) is 29.8 Å². The molecule has 2 aromatic heterocycles. The molecule has 0 aliphatic heterocycles. The third kappa shape index (κ3) is 4.00. The Kier molecular flexibility index (Phi) is 5.20. The molecule has 158 valence electrons. The summed E-state index contributed by atoms with van der Waals surface area (Å²) < 4.78 is 34.4. The van der Waals surface area contributed by atoms with Gasteiger partial charge in [-0.05, 0) is 43.3 Å². The van der Waals surface area contributed by atoms with Crippen LogP contribution in [-0.4, -0.2) is 32.2 Å². The van der Waals surface area contributed by atoms with Crippen LogP contribution in [0.1, 0.15) is 5.82 Å². The van der Waals surface area contributed by atoms with Gasteiger partial charge >= 0.3 is 5.69 Å². The Balaban J connectivity index is 1.64. The summed E-state index contributed by atoms with van der Waals surface area (Å²) in [5, 5.41) is 6.43. The zero-order valence-corrected chi connectivity index (χ0v) is 16.6. The quantitative estimate of drug-likeness (QED) is 0.531. The number of amides is 1. The third-order valence-electron chi connectivity index (χ3n) is 4.62. The van der Waals surface area contributed by atoms with Crippen molar-refractivity contribution in [1.82, 2.24) is 19.2 Å². The molecule has 0 spiro atoms. The zero-order chi connectivity index (χ0) is 22.1. The fraction of sp³-hybridized carbons (Fsp3) is 0.143. The highest BCUT2D eigenvalue weighted by atomic mass is 19.1. The van der Waals surface area contributed by atoms with Gasteiger partial charge in [0, 0.05) is 17.7 Å². The molecule has 4 rings (SSSR count). The van der Waals surface area contributed by atoms with E-state index in [2.05, 4.69) is 15.4 Å². The Morgan fingerprint density at radius 1 is 1.13 bits per heavy atom. The molecule has 0 aliphatic rings. The van der Waals surface area contributed by atoms with E-state index in [9.17, 15) is 18.4 Å². The first-order valence-corrected chi connectivity index (χ1v) is 9.22. The summed E-state index contributed by atoms with van der Waals surface area (Å²) in [5.74, 6) is -1.13. The van der Waals surface area contributed by atoms with Crippen molar-refractivity contribution in [2.75, 3.05) is 12.4 Å². The minimum Gasteiger partial charge on any atom is -0.497 e. The molecule has 0 aliphatic carbocycles. The van der Waals surface area contributed by atoms with Gasteiger partial charge in [0.2, 0.25) is 5.91 Å². The molecule has 0 saturated carbocycles. The lowest BCUT2D eigenvalue weighted by atomic mass is 10.1. The molecular formula is C21H17F2N5O3. The van der Waals surface area contributed by atoms with E-state index >= 15 is 0 Å². The summed E-state index contributed by atoms with van der Waals surface area (Å²) in [6.45, 7) is 1.17. The van der Waals surface area contributed by atoms with Gasteiger partial charge in [-0.2, -0.15) is 0 Å². The minimum atomic E-state index is -0.790. The Labute approximate surface area is 174 Å². The lowest BCUT2D eigenvalue weighted by Crippen LogP contribution is -2.29. The molecule has 31 heavy (non-hydrogen) atoms. The van der Waals surface area contributed by atoms with E-state index in [0.29, 0.717) is 22.9 Å². The lowest BCUT2D eigenvalue weighted by Gasteiger charge is -2.06. The number of aromatic nitrogens is 4. The zero-order valence-electron chi connectivity index (χ0n) is 16.6. The van der Waals surface area contributed by atoms with Crippen molar-refractivity contribution in [2.24, 2.45) is 0 Å². The van der Waals surface area contributed by atoms with Crippen LogP contribution in [0.5, 0.6) is 5.75 Å².